The molecule has 38 heavy (non-hydrogen) atoms. The Balaban J connectivity index is 1.99. The highest BCUT2D eigenvalue weighted by Crippen LogP contribution is 2.34. The first kappa shape index (κ1) is 29.2. The van der Waals surface area contributed by atoms with E-state index in [1.807, 2.05) is 0 Å². The van der Waals surface area contributed by atoms with Crippen LogP contribution in [0.25, 0.3) is 10.9 Å². The highest BCUT2D eigenvalue weighted by molar-refractivity contribution is 9.09. The third-order valence-electron chi connectivity index (χ3n) is 4.76. The van der Waals surface area contributed by atoms with E-state index in [1.54, 1.807) is 30.3 Å². The van der Waals surface area contributed by atoms with Crippen molar-refractivity contribution in [1.82, 2.24) is 9.97 Å². The van der Waals surface area contributed by atoms with E-state index >= 15 is 4.39 Å². The maximum atomic E-state index is 15.3. The Morgan fingerprint density at radius 3 is 2.68 bits per heavy atom. The fraction of sp³-hybridized carbons (Fsp3) is 0.269. The van der Waals surface area contributed by atoms with E-state index in [1.165, 1.54) is 18.5 Å². The van der Waals surface area contributed by atoms with Crippen LogP contribution in [-0.2, 0) is 9.53 Å². The molecule has 0 spiro atoms. The average Bonchev–Trinajstić information content (AvgIpc) is 2.85. The number of rotatable bonds is 10. The molecule has 12 heteroatoms. The molecule has 2 N–H and O–H groups in total. The summed E-state index contributed by atoms with van der Waals surface area (Å²) >= 11 is 3.21. The lowest BCUT2D eigenvalue weighted by atomic mass is 10.1. The van der Waals surface area contributed by atoms with Gasteiger partial charge in [-0.05, 0) is 18.2 Å². The number of halogens is 4. The highest BCUT2D eigenvalue weighted by atomic mass is 79.9. The van der Waals surface area contributed by atoms with Gasteiger partial charge in [-0.1, -0.05) is 53.6 Å². The minimum Gasteiger partial charge on any atom is -0.489 e. The number of aromatic nitrogens is 2. The van der Waals surface area contributed by atoms with Crippen molar-refractivity contribution >= 4 is 58.0 Å². The largest absolute Gasteiger partial charge is 0.489 e. The van der Waals surface area contributed by atoms with E-state index in [9.17, 15) is 13.6 Å². The predicted molar refractivity (Wildman–Crippen MR) is 148 cm³/mol. The van der Waals surface area contributed by atoms with Gasteiger partial charge in [0.2, 0.25) is 5.91 Å². The molecule has 0 aliphatic heterocycles. The van der Waals surface area contributed by atoms with Crippen molar-refractivity contribution in [3.05, 3.63) is 60.2 Å². The first-order valence-electron chi connectivity index (χ1n) is 11.5. The smallest absolute Gasteiger partial charge is 0.345 e. The summed E-state index contributed by atoms with van der Waals surface area (Å²) in [6.07, 6.45) is 4.22. The number of allylic oxidation sites excluding steroid dienone is 1. The molecule has 0 saturated heterocycles. The summed E-state index contributed by atoms with van der Waals surface area (Å²) in [5, 5.41) is 6.62. The Kier molecular flexibility index (Phi) is 10.3. The van der Waals surface area contributed by atoms with E-state index in [0.29, 0.717) is 16.2 Å². The molecule has 0 radical (unpaired) electrons. The van der Waals surface area contributed by atoms with Crippen molar-refractivity contribution in [2.24, 2.45) is 0 Å². The van der Waals surface area contributed by atoms with Gasteiger partial charge in [0.15, 0.2) is 5.82 Å². The van der Waals surface area contributed by atoms with E-state index in [-0.39, 0.29) is 41.7 Å². The highest BCUT2D eigenvalue weighted by Gasteiger charge is 2.15. The van der Waals surface area contributed by atoms with Gasteiger partial charge in [-0.2, -0.15) is 8.78 Å². The summed E-state index contributed by atoms with van der Waals surface area (Å²) in [5.41, 5.74) is 4.25. The molecule has 1 amide bonds. The van der Waals surface area contributed by atoms with Gasteiger partial charge in [0.05, 0.1) is 29.1 Å². The van der Waals surface area contributed by atoms with Gasteiger partial charge in [-0.25, -0.2) is 14.4 Å². The molecule has 0 aliphatic rings. The number of nitrogens with zero attached hydrogens (tertiary/aromatic N) is 2. The van der Waals surface area contributed by atoms with Crippen LogP contribution in [0.4, 0.5) is 30.4 Å². The number of nitrogens with one attached hydrogen (secondary N) is 2. The van der Waals surface area contributed by atoms with Crippen LogP contribution in [0.1, 0.15) is 5.56 Å². The van der Waals surface area contributed by atoms with Gasteiger partial charge < -0.3 is 20.1 Å². The zero-order valence-electron chi connectivity index (χ0n) is 20.9. The van der Waals surface area contributed by atoms with Gasteiger partial charge in [0.1, 0.15) is 32.6 Å². The van der Waals surface area contributed by atoms with E-state index in [2.05, 4.69) is 72.4 Å². The molecule has 0 atom stereocenters. The number of carbonyl (C=O) groups excluding carboxylic acids is 1. The maximum Gasteiger partial charge on any atom is 0.345 e. The molecule has 0 fully saturated rings. The molecular formula is C26H26BrF3N4O3Si. The monoisotopic (exact) mass is 606 g/mol. The molecule has 0 bridgehead atoms. The number of hydrogen-bond acceptors (Lipinski definition) is 6. The van der Waals surface area contributed by atoms with Crippen molar-refractivity contribution in [2.75, 3.05) is 29.2 Å². The van der Waals surface area contributed by atoms with E-state index in [0.717, 1.165) is 0 Å². The van der Waals surface area contributed by atoms with Crippen LogP contribution < -0.4 is 15.4 Å². The Morgan fingerprint density at radius 1 is 1.18 bits per heavy atom. The Hall–Kier alpha value is -3.40. The standard InChI is InChI=1S/C26H26BrF3N4O3Si/c1-38(2,3)13-9-17-6-4-7-19(24(17)28)34-25-18-14-21(33-23(35)8-5-10-27)22(15-20(18)31-16-32-25)36-11-12-37-26(29)30/h4-8,14-16,26H,10-12H2,1-3H3,(H,33,35)(H,31,32,34)/b8-5+. The second-order valence-corrected chi connectivity index (χ2v) is 14.3. The molecule has 1 heterocycles. The lowest BCUT2D eigenvalue weighted by Crippen LogP contribution is -2.16. The number of fused-ring (bicyclic) bond motifs is 1. The lowest BCUT2D eigenvalue weighted by molar-refractivity contribution is -0.133. The Bertz CT molecular complexity index is 1390. The fourth-order valence-corrected chi connectivity index (χ4v) is 3.82. The first-order valence-corrected chi connectivity index (χ1v) is 16.1. The van der Waals surface area contributed by atoms with Crippen LogP contribution in [-0.4, -0.2) is 49.1 Å². The van der Waals surface area contributed by atoms with Crippen molar-refractivity contribution in [2.45, 2.75) is 26.3 Å². The number of carbonyl (C=O) groups is 1. The van der Waals surface area contributed by atoms with Crippen molar-refractivity contribution in [3.8, 4) is 17.2 Å². The summed E-state index contributed by atoms with van der Waals surface area (Å²) in [6, 6.07) is 7.96. The summed E-state index contributed by atoms with van der Waals surface area (Å²) in [6.45, 7) is 2.74. The van der Waals surface area contributed by atoms with Gasteiger partial charge in [-0.15, -0.1) is 5.54 Å². The predicted octanol–water partition coefficient (Wildman–Crippen LogP) is 6.25. The van der Waals surface area contributed by atoms with Crippen LogP contribution in [0.5, 0.6) is 5.75 Å². The molecule has 3 aromatic rings. The molecular weight excluding hydrogens is 581 g/mol. The van der Waals surface area contributed by atoms with Crippen LogP contribution in [0.3, 0.4) is 0 Å². The molecule has 7 nitrogen and oxygen atoms in total. The quantitative estimate of drug-likeness (QED) is 0.0933. The van der Waals surface area contributed by atoms with Gasteiger partial charge >= 0.3 is 6.61 Å². The second-order valence-electron chi connectivity index (χ2n) is 8.91. The molecule has 0 saturated carbocycles. The van der Waals surface area contributed by atoms with Crippen molar-refractivity contribution < 1.29 is 27.4 Å². The number of anilines is 3. The van der Waals surface area contributed by atoms with Gasteiger partial charge in [0, 0.05) is 22.9 Å². The maximum absolute atomic E-state index is 15.3. The number of ether oxygens (including phenoxy) is 2. The number of alkyl halides is 3. The second kappa shape index (κ2) is 13.4. The Morgan fingerprint density at radius 2 is 1.97 bits per heavy atom. The summed E-state index contributed by atoms with van der Waals surface area (Å²) < 4.78 is 49.7. The number of amides is 1. The average molecular weight is 608 g/mol. The van der Waals surface area contributed by atoms with Crippen LogP contribution >= 0.6 is 15.9 Å². The van der Waals surface area contributed by atoms with E-state index in [4.69, 9.17) is 4.74 Å². The Labute approximate surface area is 228 Å². The summed E-state index contributed by atoms with van der Waals surface area (Å²) in [4.78, 5) is 20.9. The topological polar surface area (TPSA) is 85.4 Å². The molecule has 0 aliphatic carbocycles. The molecule has 0 unspecified atom stereocenters. The third-order valence-corrected chi connectivity index (χ3v) is 6.01. The van der Waals surface area contributed by atoms with Crippen LogP contribution in [0.15, 0.2) is 48.8 Å². The minimum absolute atomic E-state index is 0.169. The molecule has 3 rings (SSSR count). The van der Waals surface area contributed by atoms with Crippen molar-refractivity contribution in [3.63, 3.8) is 0 Å². The summed E-state index contributed by atoms with van der Waals surface area (Å²) in [7, 11) is -1.71. The zero-order valence-corrected chi connectivity index (χ0v) is 23.5. The van der Waals surface area contributed by atoms with Gasteiger partial charge in [-0.3, -0.25) is 4.79 Å². The zero-order chi connectivity index (χ0) is 27.7. The molecule has 1 aromatic heterocycles. The SMILES string of the molecule is C[Si](C)(C)C#Cc1cccc(Nc2ncnc3cc(OCCOC(F)F)c(NC(=O)/C=C/CBr)cc23)c1F. The van der Waals surface area contributed by atoms with Crippen LogP contribution in [0, 0.1) is 17.3 Å². The first-order chi connectivity index (χ1) is 18.1. The number of hydrogen-bond donors (Lipinski definition) is 2. The summed E-state index contributed by atoms with van der Waals surface area (Å²) in [5.74, 6) is 2.45. The molecule has 2 aromatic carbocycles. The molecule has 200 valence electrons. The van der Waals surface area contributed by atoms with E-state index < -0.39 is 26.4 Å². The normalized spacial score (nSPS) is 11.5. The van der Waals surface area contributed by atoms with Gasteiger partial charge in [0.25, 0.3) is 0 Å². The third kappa shape index (κ3) is 8.58. The lowest BCUT2D eigenvalue weighted by Gasteiger charge is -2.15. The number of benzene rings is 2. The fourth-order valence-electron chi connectivity index (χ4n) is 3.12. The van der Waals surface area contributed by atoms with Crippen LogP contribution in [0.2, 0.25) is 19.6 Å². The minimum atomic E-state index is -2.93. The van der Waals surface area contributed by atoms with Crippen molar-refractivity contribution in [1.29, 1.82) is 0 Å².